The largest absolute Gasteiger partial charge is 0.477 e. The van der Waals surface area contributed by atoms with E-state index < -0.39 is 11.5 Å². The number of carbonyl (C=O) groups is 1. The van der Waals surface area contributed by atoms with Gasteiger partial charge in [-0.2, -0.15) is 0 Å². The normalized spacial score (nSPS) is 14.0. The first kappa shape index (κ1) is 14.9. The molecular weight excluding hydrogens is 318 g/mol. The minimum Gasteiger partial charge on any atom is -0.477 e. The molecule has 6 heteroatoms. The van der Waals surface area contributed by atoms with Crippen LogP contribution in [0.15, 0.2) is 64.4 Å². The van der Waals surface area contributed by atoms with Gasteiger partial charge in [0.2, 0.25) is 0 Å². The number of aromatic nitrogens is 2. The summed E-state index contributed by atoms with van der Waals surface area (Å²) in [7, 11) is 0. The smallest absolute Gasteiger partial charge is 0.354 e. The highest BCUT2D eigenvalue weighted by Crippen LogP contribution is 2.32. The quantitative estimate of drug-likeness (QED) is 0.773. The molecule has 122 valence electrons. The van der Waals surface area contributed by atoms with Gasteiger partial charge in [0.25, 0.3) is 5.56 Å². The molecule has 1 aliphatic heterocycles. The fourth-order valence-electron chi connectivity index (χ4n) is 2.82. The third kappa shape index (κ3) is 2.49. The van der Waals surface area contributed by atoms with Crippen molar-refractivity contribution in [1.82, 2.24) is 9.78 Å². The Labute approximate surface area is 142 Å². The first-order chi connectivity index (χ1) is 12.1. The topological polar surface area (TPSA) is 87.5 Å². The highest BCUT2D eigenvalue weighted by Gasteiger charge is 2.21. The van der Waals surface area contributed by atoms with Crippen LogP contribution >= 0.6 is 0 Å². The lowest BCUT2D eigenvalue weighted by Gasteiger charge is -1.99. The number of aromatic amines is 1. The molecule has 2 heterocycles. The molecule has 25 heavy (non-hydrogen) atoms. The molecule has 2 aromatic carbocycles. The van der Waals surface area contributed by atoms with E-state index in [0.29, 0.717) is 11.3 Å². The summed E-state index contributed by atoms with van der Waals surface area (Å²) in [6.45, 7) is 0. The minimum atomic E-state index is -1.19. The zero-order valence-corrected chi connectivity index (χ0v) is 13.0. The lowest BCUT2D eigenvalue weighted by molar-refractivity contribution is 0.0689. The number of benzene rings is 2. The minimum absolute atomic E-state index is 0.0921. The average molecular weight is 331 g/mol. The molecule has 0 saturated heterocycles. The number of aromatic carboxylic acids is 1. The number of nitrogens with zero attached hydrogens (tertiary/aromatic N) is 2. The molecule has 2 N–H and O–H groups in total. The van der Waals surface area contributed by atoms with Crippen LogP contribution in [-0.2, 0) is 0 Å². The Morgan fingerprint density at radius 1 is 1.08 bits per heavy atom. The van der Waals surface area contributed by atoms with E-state index in [2.05, 4.69) is 10.1 Å². The summed E-state index contributed by atoms with van der Waals surface area (Å²) in [5.74, 6) is -1.19. The van der Waals surface area contributed by atoms with E-state index in [9.17, 15) is 14.7 Å². The predicted molar refractivity (Wildman–Crippen MR) is 95.8 cm³/mol. The maximum Gasteiger partial charge on any atom is 0.354 e. The van der Waals surface area contributed by atoms with Gasteiger partial charge in [0.05, 0.1) is 16.9 Å². The third-order valence-corrected chi connectivity index (χ3v) is 4.01. The van der Waals surface area contributed by atoms with Crippen LogP contribution in [0.4, 0.5) is 5.69 Å². The Morgan fingerprint density at radius 3 is 2.56 bits per heavy atom. The standard InChI is InChI=1S/C19H13N3O3/c23-18-15(10-12-11-20-16-9-5-4-8-14(12)16)17(19(24)25)21-22(18)13-6-2-1-3-7-13/h1-11,21H,(H,24,25). The lowest BCUT2D eigenvalue weighted by atomic mass is 10.0. The van der Waals surface area contributed by atoms with E-state index in [1.807, 2.05) is 30.3 Å². The molecule has 0 amide bonds. The molecule has 0 bridgehead atoms. The Morgan fingerprint density at radius 2 is 1.80 bits per heavy atom. The molecule has 0 atom stereocenters. The van der Waals surface area contributed by atoms with Crippen LogP contribution in [0.5, 0.6) is 0 Å². The number of allylic oxidation sites excluding steroid dienone is 1. The molecular formula is C19H13N3O3. The number of nitrogens with one attached hydrogen (secondary N) is 1. The van der Waals surface area contributed by atoms with Crippen molar-refractivity contribution in [3.63, 3.8) is 0 Å². The number of carboxylic acid groups (broad SMARTS) is 1. The summed E-state index contributed by atoms with van der Waals surface area (Å²) in [6.07, 6.45) is 3.20. The lowest BCUT2D eigenvalue weighted by Crippen LogP contribution is -2.15. The fraction of sp³-hybridized carbons (Fsp3) is 0. The van der Waals surface area contributed by atoms with Crippen molar-refractivity contribution < 1.29 is 9.90 Å². The number of rotatable bonds is 3. The summed E-state index contributed by atoms with van der Waals surface area (Å²) < 4.78 is 1.23. The summed E-state index contributed by atoms with van der Waals surface area (Å²) in [5, 5.41) is 12.2. The summed E-state index contributed by atoms with van der Waals surface area (Å²) >= 11 is 0. The number of para-hydroxylation sites is 2. The monoisotopic (exact) mass is 331 g/mol. The molecule has 0 aliphatic carbocycles. The van der Waals surface area contributed by atoms with Crippen LogP contribution < -0.4 is 5.56 Å². The number of hydrogen-bond acceptors (Lipinski definition) is 3. The molecule has 0 radical (unpaired) electrons. The highest BCUT2D eigenvalue weighted by molar-refractivity contribution is 6.21. The van der Waals surface area contributed by atoms with Crippen molar-refractivity contribution in [3.05, 3.63) is 81.8 Å². The zero-order valence-electron chi connectivity index (χ0n) is 13.0. The van der Waals surface area contributed by atoms with Gasteiger partial charge >= 0.3 is 5.97 Å². The predicted octanol–water partition coefficient (Wildman–Crippen LogP) is 3.12. The van der Waals surface area contributed by atoms with Gasteiger partial charge in [-0.1, -0.05) is 36.4 Å². The van der Waals surface area contributed by atoms with E-state index in [4.69, 9.17) is 0 Å². The Bertz CT molecular complexity index is 1090. The Balaban J connectivity index is 1.90. The second-order valence-electron chi connectivity index (χ2n) is 5.56. The fourth-order valence-corrected chi connectivity index (χ4v) is 2.82. The van der Waals surface area contributed by atoms with Gasteiger partial charge in [-0.25, -0.2) is 9.48 Å². The van der Waals surface area contributed by atoms with Gasteiger partial charge in [0.1, 0.15) is 0 Å². The van der Waals surface area contributed by atoms with Crippen molar-refractivity contribution in [2.45, 2.75) is 0 Å². The van der Waals surface area contributed by atoms with Crippen molar-refractivity contribution in [3.8, 4) is 5.69 Å². The Kier molecular flexibility index (Phi) is 3.43. The molecule has 3 aromatic rings. The van der Waals surface area contributed by atoms with E-state index in [0.717, 1.165) is 11.3 Å². The molecule has 0 unspecified atom stereocenters. The Hall–Kier alpha value is -3.67. The van der Waals surface area contributed by atoms with Crippen molar-refractivity contribution in [1.29, 1.82) is 0 Å². The number of aliphatic imine (C=N–C) groups is 1. The number of carboxylic acids is 1. The molecule has 4 rings (SSSR count). The van der Waals surface area contributed by atoms with Crippen LogP contribution in [0, 0.1) is 0 Å². The molecule has 6 nitrogen and oxygen atoms in total. The van der Waals surface area contributed by atoms with Gasteiger partial charge in [-0.15, -0.1) is 0 Å². The van der Waals surface area contributed by atoms with Crippen LogP contribution in [-0.4, -0.2) is 27.1 Å². The van der Waals surface area contributed by atoms with Crippen LogP contribution in [0.2, 0.25) is 0 Å². The van der Waals surface area contributed by atoms with Gasteiger partial charge in [0, 0.05) is 17.4 Å². The van der Waals surface area contributed by atoms with Crippen molar-refractivity contribution in [2.24, 2.45) is 4.99 Å². The average Bonchev–Trinajstić information content (AvgIpc) is 3.18. The molecule has 0 saturated carbocycles. The number of hydrogen-bond donors (Lipinski definition) is 2. The maximum absolute atomic E-state index is 12.8. The van der Waals surface area contributed by atoms with Crippen LogP contribution in [0.1, 0.15) is 21.6 Å². The SMILES string of the molecule is O=C(O)c1[nH]n(-c2ccccc2)c(=O)c1C=C1C=Nc2ccccc21. The second kappa shape index (κ2) is 5.76. The van der Waals surface area contributed by atoms with Gasteiger partial charge in [0.15, 0.2) is 5.69 Å². The summed E-state index contributed by atoms with van der Waals surface area (Å²) in [5.41, 5.74) is 2.45. The number of fused-ring (bicyclic) bond motifs is 1. The zero-order chi connectivity index (χ0) is 17.4. The van der Waals surface area contributed by atoms with Crippen LogP contribution in [0.25, 0.3) is 17.3 Å². The van der Waals surface area contributed by atoms with Gasteiger partial charge in [-0.3, -0.25) is 14.9 Å². The number of H-pyrrole nitrogens is 1. The van der Waals surface area contributed by atoms with Crippen LogP contribution in [0.3, 0.4) is 0 Å². The second-order valence-corrected chi connectivity index (χ2v) is 5.56. The van der Waals surface area contributed by atoms with E-state index >= 15 is 0 Å². The first-order valence-corrected chi connectivity index (χ1v) is 7.64. The van der Waals surface area contributed by atoms with Crippen molar-refractivity contribution in [2.75, 3.05) is 0 Å². The van der Waals surface area contributed by atoms with E-state index in [1.54, 1.807) is 36.6 Å². The molecule has 1 aliphatic rings. The summed E-state index contributed by atoms with van der Waals surface area (Å²) in [6, 6.07) is 16.3. The van der Waals surface area contributed by atoms with Crippen molar-refractivity contribution >= 4 is 29.5 Å². The van der Waals surface area contributed by atoms with E-state index in [1.165, 1.54) is 4.68 Å². The maximum atomic E-state index is 12.8. The third-order valence-electron chi connectivity index (χ3n) is 4.01. The highest BCUT2D eigenvalue weighted by atomic mass is 16.4. The van der Waals surface area contributed by atoms with Gasteiger partial charge in [-0.05, 0) is 24.3 Å². The summed E-state index contributed by atoms with van der Waals surface area (Å²) in [4.78, 5) is 28.7. The first-order valence-electron chi connectivity index (χ1n) is 7.64. The van der Waals surface area contributed by atoms with E-state index in [-0.39, 0.29) is 11.3 Å². The molecule has 1 aromatic heterocycles. The van der Waals surface area contributed by atoms with Gasteiger partial charge < -0.3 is 5.11 Å². The molecule has 0 spiro atoms. The molecule has 0 fully saturated rings.